The Bertz CT molecular complexity index is 481. The maximum Gasteiger partial charge on any atom is 0.315 e. The molecule has 0 fully saturated rings. The molecule has 0 radical (unpaired) electrons. The fraction of sp³-hybridized carbons (Fsp3) is 0.562. The van der Waals surface area contributed by atoms with E-state index in [-0.39, 0.29) is 12.0 Å². The van der Waals surface area contributed by atoms with E-state index in [9.17, 15) is 4.79 Å². The molecule has 2 atom stereocenters. The van der Waals surface area contributed by atoms with E-state index in [1.54, 1.807) is 0 Å². The fourth-order valence-corrected chi connectivity index (χ4v) is 3.27. The first kappa shape index (κ1) is 13.9. The van der Waals surface area contributed by atoms with Crippen LogP contribution in [0.2, 0.25) is 0 Å². The Morgan fingerprint density at radius 3 is 2.58 bits per heavy atom. The van der Waals surface area contributed by atoms with Gasteiger partial charge in [-0.1, -0.05) is 25.5 Å². The van der Waals surface area contributed by atoms with Crippen LogP contribution in [0.5, 0.6) is 0 Å². The van der Waals surface area contributed by atoms with Gasteiger partial charge in [0.05, 0.1) is 18.6 Å². The molecular formula is C16H23NO2. The lowest BCUT2D eigenvalue weighted by Crippen LogP contribution is -2.30. The van der Waals surface area contributed by atoms with Gasteiger partial charge < -0.3 is 9.30 Å². The molecule has 0 N–H and O–H groups in total. The molecule has 19 heavy (non-hydrogen) atoms. The van der Waals surface area contributed by atoms with Gasteiger partial charge in [-0.05, 0) is 38.8 Å². The molecule has 0 unspecified atom stereocenters. The first-order chi connectivity index (χ1) is 9.04. The molecule has 0 aliphatic heterocycles. The van der Waals surface area contributed by atoms with Crippen molar-refractivity contribution in [1.82, 2.24) is 4.57 Å². The summed E-state index contributed by atoms with van der Waals surface area (Å²) in [6.07, 6.45) is 6.87. The fourth-order valence-electron chi connectivity index (χ4n) is 3.27. The quantitative estimate of drug-likeness (QED) is 0.613. The van der Waals surface area contributed by atoms with Gasteiger partial charge in [0.15, 0.2) is 0 Å². The van der Waals surface area contributed by atoms with Crippen molar-refractivity contribution in [3.8, 4) is 0 Å². The predicted octanol–water partition coefficient (Wildman–Crippen LogP) is 3.57. The number of allylic oxidation sites excluding steroid dienone is 1. The normalized spacial score (nSPS) is 25.8. The summed E-state index contributed by atoms with van der Waals surface area (Å²) >= 11 is 0. The van der Waals surface area contributed by atoms with Crippen molar-refractivity contribution in [2.24, 2.45) is 5.41 Å². The summed E-state index contributed by atoms with van der Waals surface area (Å²) in [5.74, 6) is -0.101. The molecule has 3 heteroatoms. The highest BCUT2D eigenvalue weighted by Crippen LogP contribution is 2.43. The van der Waals surface area contributed by atoms with Crippen molar-refractivity contribution < 1.29 is 9.53 Å². The van der Waals surface area contributed by atoms with Gasteiger partial charge in [0, 0.05) is 11.4 Å². The number of carbonyl (C=O) groups is 1. The van der Waals surface area contributed by atoms with Crippen LogP contribution in [0.25, 0.3) is 0 Å². The van der Waals surface area contributed by atoms with E-state index in [0.29, 0.717) is 0 Å². The molecule has 0 aromatic carbocycles. The third kappa shape index (κ3) is 2.34. The molecule has 0 saturated carbocycles. The smallest absolute Gasteiger partial charge is 0.315 e. The monoisotopic (exact) mass is 261 g/mol. The minimum absolute atomic E-state index is 0.101. The summed E-state index contributed by atoms with van der Waals surface area (Å²) in [7, 11) is 1.48. The van der Waals surface area contributed by atoms with Crippen molar-refractivity contribution >= 4 is 5.97 Å². The average molecular weight is 261 g/mol. The lowest BCUT2D eigenvalue weighted by atomic mass is 9.82. The number of carbonyl (C=O) groups excluding carboxylic acids is 1. The van der Waals surface area contributed by atoms with E-state index >= 15 is 0 Å². The number of ether oxygens (including phenoxy) is 1. The Hall–Kier alpha value is -1.51. The molecule has 2 rings (SSSR count). The Labute approximate surface area is 115 Å². The molecule has 1 aliphatic carbocycles. The van der Waals surface area contributed by atoms with Crippen LogP contribution in [-0.2, 0) is 9.53 Å². The van der Waals surface area contributed by atoms with Gasteiger partial charge in [-0.2, -0.15) is 0 Å². The number of hydrogen-bond donors (Lipinski definition) is 0. The first-order valence-electron chi connectivity index (χ1n) is 6.96. The molecule has 104 valence electrons. The second kappa shape index (κ2) is 5.24. The molecule has 0 spiro atoms. The second-order valence-electron chi connectivity index (χ2n) is 5.51. The molecule has 1 aliphatic rings. The van der Waals surface area contributed by atoms with Crippen molar-refractivity contribution in [2.75, 3.05) is 7.11 Å². The largest absolute Gasteiger partial charge is 0.468 e. The zero-order valence-corrected chi connectivity index (χ0v) is 12.3. The van der Waals surface area contributed by atoms with Gasteiger partial charge in [0.2, 0.25) is 0 Å². The van der Waals surface area contributed by atoms with Crippen LogP contribution in [0.1, 0.15) is 43.6 Å². The number of rotatable bonds is 4. The van der Waals surface area contributed by atoms with E-state index in [0.717, 1.165) is 19.3 Å². The van der Waals surface area contributed by atoms with Crippen molar-refractivity contribution in [3.05, 3.63) is 35.7 Å². The zero-order valence-electron chi connectivity index (χ0n) is 12.3. The maximum absolute atomic E-state index is 12.1. The number of nitrogens with zero attached hydrogens (tertiary/aromatic N) is 1. The number of aromatic nitrogens is 1. The molecule has 3 nitrogen and oxygen atoms in total. The highest BCUT2D eigenvalue weighted by atomic mass is 16.5. The molecular weight excluding hydrogens is 238 g/mol. The molecule has 0 saturated heterocycles. The summed E-state index contributed by atoms with van der Waals surface area (Å²) in [5, 5.41) is 0. The van der Waals surface area contributed by atoms with Gasteiger partial charge in [0.25, 0.3) is 0 Å². The average Bonchev–Trinajstić information content (AvgIpc) is 2.94. The summed E-state index contributed by atoms with van der Waals surface area (Å²) in [4.78, 5) is 12.1. The van der Waals surface area contributed by atoms with Crippen molar-refractivity contribution in [1.29, 1.82) is 0 Å². The highest BCUT2D eigenvalue weighted by Gasteiger charge is 2.42. The molecule has 0 bridgehead atoms. The minimum Gasteiger partial charge on any atom is -0.468 e. The van der Waals surface area contributed by atoms with Crippen molar-refractivity contribution in [2.45, 2.75) is 46.1 Å². The molecule has 1 aromatic rings. The summed E-state index contributed by atoms with van der Waals surface area (Å²) in [6.45, 7) is 6.33. The summed E-state index contributed by atoms with van der Waals surface area (Å²) in [6, 6.07) is 4.52. The van der Waals surface area contributed by atoms with Gasteiger partial charge in [-0.15, -0.1) is 0 Å². The zero-order chi connectivity index (χ0) is 14.0. The number of hydrogen-bond acceptors (Lipinski definition) is 2. The third-order valence-electron chi connectivity index (χ3n) is 4.16. The molecule has 1 heterocycles. The topological polar surface area (TPSA) is 31.2 Å². The Balaban J connectivity index is 2.28. The summed E-state index contributed by atoms with van der Waals surface area (Å²) < 4.78 is 7.32. The minimum atomic E-state index is -0.433. The van der Waals surface area contributed by atoms with Crippen LogP contribution in [-0.4, -0.2) is 17.6 Å². The Morgan fingerprint density at radius 2 is 2.05 bits per heavy atom. The summed E-state index contributed by atoms with van der Waals surface area (Å²) in [5.41, 5.74) is 2.05. The van der Waals surface area contributed by atoms with Crippen molar-refractivity contribution in [3.63, 3.8) is 0 Å². The highest BCUT2D eigenvalue weighted by molar-refractivity contribution is 5.79. The SMILES string of the molecule is CCC[C@]1(C(=O)OC)C=C[C@@H](n2c(C)ccc2C)C1. The third-order valence-corrected chi connectivity index (χ3v) is 4.16. The van der Waals surface area contributed by atoms with Crippen LogP contribution >= 0.6 is 0 Å². The number of aryl methyl sites for hydroxylation is 2. The van der Waals surface area contributed by atoms with Crippen LogP contribution in [0.15, 0.2) is 24.3 Å². The van der Waals surface area contributed by atoms with E-state index < -0.39 is 5.41 Å². The van der Waals surface area contributed by atoms with E-state index in [4.69, 9.17) is 4.74 Å². The van der Waals surface area contributed by atoms with Gasteiger partial charge in [0.1, 0.15) is 0 Å². The van der Waals surface area contributed by atoms with Crippen LogP contribution in [0.3, 0.4) is 0 Å². The Morgan fingerprint density at radius 1 is 1.42 bits per heavy atom. The standard InChI is InChI=1S/C16H23NO2/c1-5-9-16(15(18)19-4)10-8-14(11-16)17-12(2)6-7-13(17)3/h6-8,10,14H,5,9,11H2,1-4H3/t14-,16+/m1/s1. The maximum atomic E-state index is 12.1. The van der Waals surface area contributed by atoms with Gasteiger partial charge >= 0.3 is 5.97 Å². The first-order valence-corrected chi connectivity index (χ1v) is 6.96. The second-order valence-corrected chi connectivity index (χ2v) is 5.51. The van der Waals surface area contributed by atoms with Gasteiger partial charge in [-0.3, -0.25) is 4.79 Å². The Kier molecular flexibility index (Phi) is 3.83. The van der Waals surface area contributed by atoms with Gasteiger partial charge in [-0.25, -0.2) is 0 Å². The van der Waals surface area contributed by atoms with E-state index in [1.165, 1.54) is 18.5 Å². The van der Waals surface area contributed by atoms with Crippen LogP contribution in [0.4, 0.5) is 0 Å². The lowest BCUT2D eigenvalue weighted by Gasteiger charge is -2.26. The molecule has 1 aromatic heterocycles. The van der Waals surface area contributed by atoms with E-state index in [1.807, 2.05) is 0 Å². The number of methoxy groups -OCH3 is 1. The van der Waals surface area contributed by atoms with Crippen LogP contribution in [0, 0.1) is 19.3 Å². The number of esters is 1. The van der Waals surface area contributed by atoms with Crippen LogP contribution < -0.4 is 0 Å². The van der Waals surface area contributed by atoms with E-state index in [2.05, 4.69) is 49.6 Å². The predicted molar refractivity (Wildman–Crippen MR) is 76.1 cm³/mol. The lowest BCUT2D eigenvalue weighted by molar-refractivity contribution is -0.150. The molecule has 0 amide bonds.